The standard InChI is InChI=1S/C15H16ClNO2S2/c1-11-9-13(12-5-3-2-4-6-12)10-17(11)21(18,19)15-8-7-14(16)20-15/h2-8,11,13H,9-10H2,1H3. The number of benzene rings is 1. The molecule has 21 heavy (non-hydrogen) atoms. The van der Waals surface area contributed by atoms with E-state index in [1.807, 2.05) is 25.1 Å². The van der Waals surface area contributed by atoms with Gasteiger partial charge in [-0.05, 0) is 37.0 Å². The van der Waals surface area contributed by atoms with E-state index in [2.05, 4.69) is 12.1 Å². The van der Waals surface area contributed by atoms with Crippen LogP contribution in [0.5, 0.6) is 0 Å². The average molecular weight is 342 g/mol. The highest BCUT2D eigenvalue weighted by atomic mass is 35.5. The second-order valence-corrected chi connectivity index (χ2v) is 9.16. The fourth-order valence-corrected chi connectivity index (χ4v) is 6.15. The van der Waals surface area contributed by atoms with E-state index in [-0.39, 0.29) is 12.0 Å². The predicted octanol–water partition coefficient (Wildman–Crippen LogP) is 3.97. The summed E-state index contributed by atoms with van der Waals surface area (Å²) in [5, 5.41) is 0. The number of halogens is 1. The van der Waals surface area contributed by atoms with E-state index in [1.54, 1.807) is 16.4 Å². The Kier molecular flexibility index (Phi) is 4.10. The van der Waals surface area contributed by atoms with E-state index in [0.717, 1.165) is 17.8 Å². The Labute approximate surface area is 134 Å². The highest BCUT2D eigenvalue weighted by Crippen LogP contribution is 2.37. The number of hydrogen-bond donors (Lipinski definition) is 0. The van der Waals surface area contributed by atoms with Gasteiger partial charge < -0.3 is 0 Å². The zero-order valence-electron chi connectivity index (χ0n) is 11.6. The highest BCUT2D eigenvalue weighted by Gasteiger charge is 2.38. The van der Waals surface area contributed by atoms with Gasteiger partial charge in [0.1, 0.15) is 4.21 Å². The Morgan fingerprint density at radius 3 is 2.52 bits per heavy atom. The summed E-state index contributed by atoms with van der Waals surface area (Å²) in [7, 11) is -3.44. The molecule has 2 unspecified atom stereocenters. The van der Waals surface area contributed by atoms with Gasteiger partial charge in [-0.25, -0.2) is 8.42 Å². The number of rotatable bonds is 3. The minimum Gasteiger partial charge on any atom is -0.206 e. The first-order chi connectivity index (χ1) is 9.98. The van der Waals surface area contributed by atoms with Crippen LogP contribution in [0.3, 0.4) is 0 Å². The Balaban J connectivity index is 1.87. The molecule has 1 fully saturated rings. The molecule has 0 radical (unpaired) electrons. The van der Waals surface area contributed by atoms with Gasteiger partial charge in [0.25, 0.3) is 10.0 Å². The summed E-state index contributed by atoms with van der Waals surface area (Å²) in [5.74, 6) is 0.256. The number of thiophene rings is 1. The van der Waals surface area contributed by atoms with E-state index >= 15 is 0 Å². The normalized spacial score (nSPS) is 23.5. The van der Waals surface area contributed by atoms with Crippen LogP contribution in [-0.4, -0.2) is 25.3 Å². The molecule has 6 heteroatoms. The first-order valence-electron chi connectivity index (χ1n) is 6.80. The second kappa shape index (κ2) is 5.72. The molecule has 0 bridgehead atoms. The molecule has 1 aromatic carbocycles. The summed E-state index contributed by atoms with van der Waals surface area (Å²) in [6.07, 6.45) is 0.850. The van der Waals surface area contributed by atoms with Crippen LogP contribution in [0, 0.1) is 0 Å². The summed E-state index contributed by atoms with van der Waals surface area (Å²) < 4.78 is 27.9. The fraction of sp³-hybridized carbons (Fsp3) is 0.333. The maximum absolute atomic E-state index is 12.7. The molecule has 112 valence electrons. The van der Waals surface area contributed by atoms with Crippen LogP contribution in [0.1, 0.15) is 24.8 Å². The quantitative estimate of drug-likeness (QED) is 0.847. The second-order valence-electron chi connectivity index (χ2n) is 5.33. The molecular formula is C15H16ClNO2S2. The van der Waals surface area contributed by atoms with Crippen molar-refractivity contribution < 1.29 is 8.42 Å². The van der Waals surface area contributed by atoms with Crippen molar-refractivity contribution in [2.24, 2.45) is 0 Å². The van der Waals surface area contributed by atoms with Crippen LogP contribution in [-0.2, 0) is 10.0 Å². The summed E-state index contributed by atoms with van der Waals surface area (Å²) in [6, 6.07) is 13.3. The molecule has 3 rings (SSSR count). The predicted molar refractivity (Wildman–Crippen MR) is 86.5 cm³/mol. The van der Waals surface area contributed by atoms with Crippen LogP contribution < -0.4 is 0 Å². The zero-order chi connectivity index (χ0) is 15.0. The Morgan fingerprint density at radius 2 is 1.90 bits per heavy atom. The van der Waals surface area contributed by atoms with Crippen molar-refractivity contribution in [2.45, 2.75) is 29.5 Å². The van der Waals surface area contributed by atoms with Gasteiger partial charge in [-0.2, -0.15) is 4.31 Å². The van der Waals surface area contributed by atoms with Crippen molar-refractivity contribution in [1.29, 1.82) is 0 Å². The number of sulfonamides is 1. The Hall–Kier alpha value is -0.880. The average Bonchev–Trinajstić information content (AvgIpc) is 3.07. The molecule has 0 amide bonds. The van der Waals surface area contributed by atoms with Crippen molar-refractivity contribution >= 4 is 33.0 Å². The maximum atomic E-state index is 12.7. The lowest BCUT2D eigenvalue weighted by Crippen LogP contribution is -2.33. The van der Waals surface area contributed by atoms with Gasteiger partial charge in [0.05, 0.1) is 4.34 Å². The van der Waals surface area contributed by atoms with Crippen LogP contribution in [0.4, 0.5) is 0 Å². The fourth-order valence-electron chi connectivity index (χ4n) is 2.85. The van der Waals surface area contributed by atoms with Crippen LogP contribution >= 0.6 is 22.9 Å². The first kappa shape index (κ1) is 15.0. The van der Waals surface area contributed by atoms with Gasteiger partial charge in [-0.3, -0.25) is 0 Å². The molecule has 1 aliphatic heterocycles. The topological polar surface area (TPSA) is 37.4 Å². The molecular weight excluding hydrogens is 326 g/mol. The molecule has 3 nitrogen and oxygen atoms in total. The third kappa shape index (κ3) is 2.88. The maximum Gasteiger partial charge on any atom is 0.252 e. The summed E-state index contributed by atoms with van der Waals surface area (Å²) in [4.78, 5) is 0. The number of hydrogen-bond acceptors (Lipinski definition) is 3. The summed E-state index contributed by atoms with van der Waals surface area (Å²) >= 11 is 6.99. The minimum atomic E-state index is -3.44. The van der Waals surface area contributed by atoms with Crippen LogP contribution in [0.25, 0.3) is 0 Å². The molecule has 0 spiro atoms. The first-order valence-corrected chi connectivity index (χ1v) is 9.44. The molecule has 1 aromatic heterocycles. The molecule has 0 aliphatic carbocycles. The van der Waals surface area contributed by atoms with Crippen molar-refractivity contribution in [3.63, 3.8) is 0 Å². The molecule has 0 saturated carbocycles. The van der Waals surface area contributed by atoms with Crippen molar-refractivity contribution in [3.05, 3.63) is 52.4 Å². The van der Waals surface area contributed by atoms with Gasteiger partial charge in [-0.15, -0.1) is 11.3 Å². The van der Waals surface area contributed by atoms with Crippen LogP contribution in [0.15, 0.2) is 46.7 Å². The Bertz CT molecular complexity index is 727. The third-order valence-corrected chi connectivity index (χ3v) is 7.58. The molecule has 0 N–H and O–H groups in total. The molecule has 2 heterocycles. The van der Waals surface area contributed by atoms with E-state index in [1.165, 1.54) is 5.56 Å². The van der Waals surface area contributed by atoms with E-state index in [0.29, 0.717) is 15.1 Å². The zero-order valence-corrected chi connectivity index (χ0v) is 14.0. The molecule has 2 aromatic rings. The summed E-state index contributed by atoms with van der Waals surface area (Å²) in [5.41, 5.74) is 1.20. The lowest BCUT2D eigenvalue weighted by Gasteiger charge is -2.19. The van der Waals surface area contributed by atoms with Gasteiger partial charge in [0.2, 0.25) is 0 Å². The minimum absolute atomic E-state index is 0.00100. The van der Waals surface area contributed by atoms with Crippen molar-refractivity contribution in [3.8, 4) is 0 Å². The smallest absolute Gasteiger partial charge is 0.206 e. The lowest BCUT2D eigenvalue weighted by atomic mass is 9.97. The van der Waals surface area contributed by atoms with Crippen molar-refractivity contribution in [2.75, 3.05) is 6.54 Å². The van der Waals surface area contributed by atoms with Crippen molar-refractivity contribution in [1.82, 2.24) is 4.31 Å². The van der Waals surface area contributed by atoms with E-state index in [9.17, 15) is 8.42 Å². The largest absolute Gasteiger partial charge is 0.252 e. The van der Waals surface area contributed by atoms with Gasteiger partial charge in [0, 0.05) is 12.6 Å². The number of nitrogens with zero attached hydrogens (tertiary/aromatic N) is 1. The van der Waals surface area contributed by atoms with Gasteiger partial charge >= 0.3 is 0 Å². The highest BCUT2D eigenvalue weighted by molar-refractivity contribution is 7.91. The lowest BCUT2D eigenvalue weighted by molar-refractivity contribution is 0.408. The molecule has 1 aliphatic rings. The van der Waals surface area contributed by atoms with Crippen LogP contribution in [0.2, 0.25) is 4.34 Å². The monoisotopic (exact) mass is 341 g/mol. The van der Waals surface area contributed by atoms with Gasteiger partial charge in [0.15, 0.2) is 0 Å². The molecule has 2 atom stereocenters. The third-order valence-electron chi connectivity index (χ3n) is 3.90. The van der Waals surface area contributed by atoms with E-state index in [4.69, 9.17) is 11.6 Å². The van der Waals surface area contributed by atoms with Gasteiger partial charge in [-0.1, -0.05) is 41.9 Å². The summed E-state index contributed by atoms with van der Waals surface area (Å²) in [6.45, 7) is 2.50. The van der Waals surface area contributed by atoms with E-state index < -0.39 is 10.0 Å². The SMILES string of the molecule is CC1CC(c2ccccc2)CN1S(=O)(=O)c1ccc(Cl)s1. The molecule has 1 saturated heterocycles. The Morgan fingerprint density at radius 1 is 1.19 bits per heavy atom.